The van der Waals surface area contributed by atoms with E-state index in [9.17, 15) is 5.11 Å². The largest absolute Gasteiger partial charge is 0.390 e. The van der Waals surface area contributed by atoms with E-state index in [0.717, 1.165) is 23.3 Å². The third-order valence-electron chi connectivity index (χ3n) is 5.11. The first-order valence-corrected chi connectivity index (χ1v) is 11.3. The molecule has 3 rings (SSSR count). The molecule has 6 heteroatoms. The van der Waals surface area contributed by atoms with E-state index >= 15 is 0 Å². The van der Waals surface area contributed by atoms with Gasteiger partial charge in [-0.15, -0.1) is 0 Å². The molecule has 0 saturated heterocycles. The molecule has 2 unspecified atom stereocenters. The van der Waals surface area contributed by atoms with Crippen LogP contribution in [0.15, 0.2) is 53.7 Å². The molecule has 0 spiro atoms. The average molecular weight is 445 g/mol. The van der Waals surface area contributed by atoms with Crippen molar-refractivity contribution in [2.75, 3.05) is 26.3 Å². The van der Waals surface area contributed by atoms with E-state index in [0.29, 0.717) is 43.8 Å². The molecule has 31 heavy (non-hydrogen) atoms. The van der Waals surface area contributed by atoms with Gasteiger partial charge in [0.15, 0.2) is 0 Å². The lowest BCUT2D eigenvalue weighted by Crippen LogP contribution is -2.39. The van der Waals surface area contributed by atoms with Gasteiger partial charge < -0.3 is 14.7 Å². The van der Waals surface area contributed by atoms with Crippen LogP contribution in [0.4, 0.5) is 0 Å². The Balaban J connectivity index is 1.60. The van der Waals surface area contributed by atoms with E-state index in [1.165, 1.54) is 5.56 Å². The molecule has 0 saturated carbocycles. The topological polar surface area (TPSA) is 54.3 Å². The van der Waals surface area contributed by atoms with Gasteiger partial charge in [0.1, 0.15) is 6.10 Å². The first-order chi connectivity index (χ1) is 14.9. The zero-order chi connectivity index (χ0) is 22.2. The second kappa shape index (κ2) is 11.6. The summed E-state index contributed by atoms with van der Waals surface area (Å²) in [5.74, 6) is 0.444. The average Bonchev–Trinajstić information content (AvgIpc) is 3.16. The molecule has 0 aliphatic carbocycles. The van der Waals surface area contributed by atoms with Crippen LogP contribution in [0.5, 0.6) is 0 Å². The van der Waals surface area contributed by atoms with E-state index in [4.69, 9.17) is 21.2 Å². The molecule has 5 nitrogen and oxygen atoms in total. The maximum atomic E-state index is 10.5. The highest BCUT2D eigenvalue weighted by Gasteiger charge is 2.26. The zero-order valence-electron chi connectivity index (χ0n) is 18.6. The summed E-state index contributed by atoms with van der Waals surface area (Å²) < 4.78 is 5.63. The summed E-state index contributed by atoms with van der Waals surface area (Å²) in [4.78, 5) is 7.93. The van der Waals surface area contributed by atoms with Crippen LogP contribution < -0.4 is 0 Å². The van der Waals surface area contributed by atoms with Crippen molar-refractivity contribution in [3.63, 3.8) is 0 Å². The number of benzene rings is 2. The van der Waals surface area contributed by atoms with Crippen molar-refractivity contribution in [2.24, 2.45) is 11.1 Å². The number of aliphatic hydroxyl groups excluding tert-OH is 1. The molecule has 1 N–H and O–H groups in total. The minimum atomic E-state index is -0.572. The first kappa shape index (κ1) is 23.7. The van der Waals surface area contributed by atoms with Crippen LogP contribution in [0.25, 0.3) is 0 Å². The Bertz CT molecular complexity index is 854. The maximum Gasteiger partial charge on any atom is 0.145 e. The number of nitrogens with zero attached hydrogens (tertiary/aromatic N) is 2. The number of ether oxygens (including phenoxy) is 1. The van der Waals surface area contributed by atoms with Crippen LogP contribution in [-0.4, -0.2) is 54.2 Å². The van der Waals surface area contributed by atoms with Crippen LogP contribution >= 0.6 is 11.6 Å². The van der Waals surface area contributed by atoms with Crippen LogP contribution in [0, 0.1) is 12.8 Å². The van der Waals surface area contributed by atoms with Gasteiger partial charge >= 0.3 is 0 Å². The van der Waals surface area contributed by atoms with Crippen molar-refractivity contribution in [3.05, 3.63) is 70.2 Å². The van der Waals surface area contributed by atoms with E-state index in [1.54, 1.807) is 0 Å². The molecule has 2 atom stereocenters. The Morgan fingerprint density at radius 2 is 1.97 bits per heavy atom. The summed E-state index contributed by atoms with van der Waals surface area (Å²) in [6, 6.07) is 16.2. The molecular weight excluding hydrogens is 412 g/mol. The highest BCUT2D eigenvalue weighted by molar-refractivity contribution is 6.30. The molecule has 0 fully saturated rings. The van der Waals surface area contributed by atoms with E-state index in [1.807, 2.05) is 24.3 Å². The van der Waals surface area contributed by atoms with Gasteiger partial charge in [-0.1, -0.05) is 72.6 Å². The van der Waals surface area contributed by atoms with Crippen molar-refractivity contribution < 1.29 is 14.7 Å². The first-order valence-electron chi connectivity index (χ1n) is 10.9. The molecule has 2 aromatic rings. The van der Waals surface area contributed by atoms with Crippen LogP contribution in [0.2, 0.25) is 5.02 Å². The van der Waals surface area contributed by atoms with Gasteiger partial charge in [-0.25, -0.2) is 0 Å². The van der Waals surface area contributed by atoms with Crippen molar-refractivity contribution in [3.8, 4) is 0 Å². The Morgan fingerprint density at radius 3 is 2.68 bits per heavy atom. The predicted octanol–water partition coefficient (Wildman–Crippen LogP) is 4.68. The molecule has 0 radical (unpaired) electrons. The van der Waals surface area contributed by atoms with Gasteiger partial charge in [0, 0.05) is 37.7 Å². The predicted molar refractivity (Wildman–Crippen MR) is 126 cm³/mol. The van der Waals surface area contributed by atoms with E-state index < -0.39 is 6.10 Å². The van der Waals surface area contributed by atoms with Gasteiger partial charge in [-0.05, 0) is 36.1 Å². The maximum absolute atomic E-state index is 10.5. The van der Waals surface area contributed by atoms with Crippen molar-refractivity contribution in [1.29, 1.82) is 0 Å². The SMILES string of the molecule is Cc1ccc(C2=NOC(CN(Cc3cccc(Cl)c3)CC(O)COCC(C)C)C2)cc1. The number of hydrogen-bond donors (Lipinski definition) is 1. The smallest absolute Gasteiger partial charge is 0.145 e. The second-order valence-electron chi connectivity index (χ2n) is 8.74. The van der Waals surface area contributed by atoms with E-state index in [-0.39, 0.29) is 6.10 Å². The summed E-state index contributed by atoms with van der Waals surface area (Å²) in [5.41, 5.74) is 4.38. The lowest BCUT2D eigenvalue weighted by molar-refractivity contribution is -0.00734. The molecule has 1 aliphatic rings. The Morgan fingerprint density at radius 1 is 1.19 bits per heavy atom. The summed E-state index contributed by atoms with van der Waals surface area (Å²) in [7, 11) is 0. The Labute approximate surface area is 190 Å². The number of rotatable bonds is 11. The third kappa shape index (κ3) is 7.93. The molecule has 0 aromatic heterocycles. The number of halogens is 1. The minimum Gasteiger partial charge on any atom is -0.390 e. The van der Waals surface area contributed by atoms with Crippen molar-refractivity contribution >= 4 is 17.3 Å². The van der Waals surface area contributed by atoms with Crippen molar-refractivity contribution in [1.82, 2.24) is 4.90 Å². The van der Waals surface area contributed by atoms with Gasteiger partial charge in [-0.3, -0.25) is 4.90 Å². The van der Waals surface area contributed by atoms with Gasteiger partial charge in [-0.2, -0.15) is 0 Å². The number of aryl methyl sites for hydroxylation is 1. The number of hydrogen-bond acceptors (Lipinski definition) is 5. The van der Waals surface area contributed by atoms with E-state index in [2.05, 4.69) is 55.1 Å². The fraction of sp³-hybridized carbons (Fsp3) is 0.480. The molecule has 168 valence electrons. The molecule has 0 amide bonds. The molecule has 1 heterocycles. The molecule has 0 bridgehead atoms. The molecule has 1 aliphatic heterocycles. The summed E-state index contributed by atoms with van der Waals surface area (Å²) >= 11 is 6.17. The fourth-order valence-corrected chi connectivity index (χ4v) is 3.83. The lowest BCUT2D eigenvalue weighted by atomic mass is 10.0. The Kier molecular flexibility index (Phi) is 8.90. The highest BCUT2D eigenvalue weighted by Crippen LogP contribution is 2.20. The molecular formula is C25H33ClN2O3. The van der Waals surface area contributed by atoms with Gasteiger partial charge in [0.05, 0.1) is 18.4 Å². The second-order valence-corrected chi connectivity index (χ2v) is 9.18. The van der Waals surface area contributed by atoms with Crippen LogP contribution in [0.3, 0.4) is 0 Å². The van der Waals surface area contributed by atoms with Crippen LogP contribution in [-0.2, 0) is 16.1 Å². The normalized spacial score (nSPS) is 17.1. The summed E-state index contributed by atoms with van der Waals surface area (Å²) in [6.45, 7) is 9.05. The summed E-state index contributed by atoms with van der Waals surface area (Å²) in [6.07, 6.45) is 0.116. The Hall–Kier alpha value is -1.92. The quantitative estimate of drug-likeness (QED) is 0.546. The van der Waals surface area contributed by atoms with Gasteiger partial charge in [0.25, 0.3) is 0 Å². The monoisotopic (exact) mass is 444 g/mol. The number of oxime groups is 1. The summed E-state index contributed by atoms with van der Waals surface area (Å²) in [5, 5.41) is 15.6. The minimum absolute atomic E-state index is 0.0562. The molecule has 2 aromatic carbocycles. The van der Waals surface area contributed by atoms with Crippen LogP contribution in [0.1, 0.15) is 37.0 Å². The fourth-order valence-electron chi connectivity index (χ4n) is 3.62. The third-order valence-corrected chi connectivity index (χ3v) is 5.34. The lowest BCUT2D eigenvalue weighted by Gasteiger charge is -2.27. The number of aliphatic hydroxyl groups is 1. The standard InChI is InChI=1S/C25H33ClN2O3/c1-18(2)16-30-17-23(29)14-28(13-20-5-4-6-22(26)11-20)15-24-12-25(27-31-24)21-9-7-19(3)8-10-21/h4-11,18,23-24,29H,12-17H2,1-3H3. The zero-order valence-corrected chi connectivity index (χ0v) is 19.4. The van der Waals surface area contributed by atoms with Crippen molar-refractivity contribution in [2.45, 2.75) is 45.9 Å². The van der Waals surface area contributed by atoms with Gasteiger partial charge in [0.2, 0.25) is 0 Å². The highest BCUT2D eigenvalue weighted by atomic mass is 35.5.